The standard InChI is InChI=1S/C27H30O5/c28-24-19-30-25(20-29-16-21-10-4-1-5-11-21)27(32-18-23-14-8-3-9-15-23)26(24)31-17-22-12-6-2-7-13-22/h1-15,24-28H,16-20H2/t24-,25+,26+,27+/m0/s1/i19D/t19?,24-,25+,26+,27+. The van der Waals surface area contributed by atoms with Gasteiger partial charge in [0.2, 0.25) is 0 Å². The van der Waals surface area contributed by atoms with E-state index in [0.717, 1.165) is 16.7 Å². The van der Waals surface area contributed by atoms with E-state index in [-0.39, 0.29) is 6.61 Å². The average Bonchev–Trinajstić information content (AvgIpc) is 2.86. The first-order valence-electron chi connectivity index (χ1n) is 11.5. The molecule has 5 nitrogen and oxygen atoms in total. The predicted molar refractivity (Wildman–Crippen MR) is 122 cm³/mol. The van der Waals surface area contributed by atoms with Gasteiger partial charge in [-0.2, -0.15) is 0 Å². The van der Waals surface area contributed by atoms with Crippen molar-refractivity contribution in [2.24, 2.45) is 0 Å². The summed E-state index contributed by atoms with van der Waals surface area (Å²) < 4.78 is 32.3. The maximum atomic E-state index is 10.7. The molecule has 5 atom stereocenters. The van der Waals surface area contributed by atoms with E-state index in [4.69, 9.17) is 20.3 Å². The van der Waals surface area contributed by atoms with Crippen LogP contribution < -0.4 is 0 Å². The summed E-state index contributed by atoms with van der Waals surface area (Å²) in [6, 6.07) is 29.4. The van der Waals surface area contributed by atoms with Crippen LogP contribution in [-0.4, -0.2) is 42.7 Å². The lowest BCUT2D eigenvalue weighted by Crippen LogP contribution is -2.56. The van der Waals surface area contributed by atoms with Gasteiger partial charge in [0.05, 0.1) is 34.4 Å². The van der Waals surface area contributed by atoms with Crippen LogP contribution in [0.15, 0.2) is 91.0 Å². The van der Waals surface area contributed by atoms with Crippen molar-refractivity contribution in [2.75, 3.05) is 13.2 Å². The molecule has 1 fully saturated rings. The van der Waals surface area contributed by atoms with Crippen LogP contribution in [0, 0.1) is 0 Å². The maximum absolute atomic E-state index is 10.7. The molecule has 3 aromatic carbocycles. The van der Waals surface area contributed by atoms with Gasteiger partial charge in [-0.05, 0) is 16.7 Å². The van der Waals surface area contributed by atoms with Gasteiger partial charge in [-0.25, -0.2) is 0 Å². The van der Waals surface area contributed by atoms with Gasteiger partial charge in [0.25, 0.3) is 0 Å². The van der Waals surface area contributed by atoms with Crippen molar-refractivity contribution in [3.63, 3.8) is 0 Å². The minimum Gasteiger partial charge on any atom is -0.388 e. The minimum atomic E-state index is -1.15. The van der Waals surface area contributed by atoms with Crippen LogP contribution in [0.2, 0.25) is 0 Å². The van der Waals surface area contributed by atoms with E-state index in [9.17, 15) is 5.11 Å². The summed E-state index contributed by atoms with van der Waals surface area (Å²) in [6.07, 6.45) is -3.01. The van der Waals surface area contributed by atoms with E-state index in [1.807, 2.05) is 91.0 Å². The Labute approximate surface area is 190 Å². The van der Waals surface area contributed by atoms with Crippen molar-refractivity contribution in [1.29, 1.82) is 0 Å². The number of aliphatic hydroxyl groups excluding tert-OH is 1. The van der Waals surface area contributed by atoms with Gasteiger partial charge in [0.15, 0.2) is 0 Å². The molecule has 0 radical (unpaired) electrons. The maximum Gasteiger partial charge on any atom is 0.115 e. The van der Waals surface area contributed by atoms with Crippen molar-refractivity contribution in [3.05, 3.63) is 108 Å². The summed E-state index contributed by atoms with van der Waals surface area (Å²) in [7, 11) is 0. The molecule has 1 saturated heterocycles. The molecule has 0 aromatic heterocycles. The minimum absolute atomic E-state index is 0.224. The third kappa shape index (κ3) is 6.48. The zero-order chi connectivity index (χ0) is 22.9. The third-order valence-electron chi connectivity index (χ3n) is 5.38. The summed E-state index contributed by atoms with van der Waals surface area (Å²) in [5, 5.41) is 10.7. The second-order valence-electron chi connectivity index (χ2n) is 7.82. The molecule has 5 heteroatoms. The van der Waals surface area contributed by atoms with E-state index in [1.54, 1.807) is 0 Å². The molecule has 168 valence electrons. The number of ether oxygens (including phenoxy) is 4. The molecule has 32 heavy (non-hydrogen) atoms. The summed E-state index contributed by atoms with van der Waals surface area (Å²) in [6.45, 7) is 0.143. The van der Waals surface area contributed by atoms with Crippen LogP contribution in [0.1, 0.15) is 18.1 Å². The fourth-order valence-electron chi connectivity index (χ4n) is 3.67. The van der Waals surface area contributed by atoms with Gasteiger partial charge >= 0.3 is 0 Å². The Hall–Kier alpha value is -2.54. The van der Waals surface area contributed by atoms with E-state index in [1.165, 1.54) is 0 Å². The number of rotatable bonds is 10. The monoisotopic (exact) mass is 435 g/mol. The molecular weight excluding hydrogens is 404 g/mol. The van der Waals surface area contributed by atoms with Gasteiger partial charge in [-0.15, -0.1) is 0 Å². The number of hydrogen-bond acceptors (Lipinski definition) is 5. The highest BCUT2D eigenvalue weighted by molar-refractivity contribution is 5.15. The van der Waals surface area contributed by atoms with Crippen LogP contribution in [0.5, 0.6) is 0 Å². The number of hydrogen-bond donors (Lipinski definition) is 1. The first-order valence-corrected chi connectivity index (χ1v) is 10.9. The molecule has 0 saturated carbocycles. The highest BCUT2D eigenvalue weighted by atomic mass is 16.6. The van der Waals surface area contributed by atoms with E-state index in [0.29, 0.717) is 19.8 Å². The van der Waals surface area contributed by atoms with Crippen LogP contribution in [0.4, 0.5) is 0 Å². The predicted octanol–water partition coefficient (Wildman–Crippen LogP) is 4.13. The smallest absolute Gasteiger partial charge is 0.115 e. The molecule has 1 heterocycles. The van der Waals surface area contributed by atoms with Gasteiger partial charge in [-0.3, -0.25) is 0 Å². The molecule has 0 aliphatic carbocycles. The Balaban J connectivity index is 1.46. The highest BCUT2D eigenvalue weighted by Crippen LogP contribution is 2.24. The third-order valence-corrected chi connectivity index (χ3v) is 5.38. The highest BCUT2D eigenvalue weighted by Gasteiger charge is 2.41. The molecule has 0 amide bonds. The normalized spacial score (nSPS) is 25.9. The number of aliphatic hydroxyl groups is 1. The molecule has 1 N–H and O–H groups in total. The quantitative estimate of drug-likeness (QED) is 0.519. The van der Waals surface area contributed by atoms with E-state index in [2.05, 4.69) is 0 Å². The molecule has 4 rings (SSSR count). The van der Waals surface area contributed by atoms with Crippen molar-refractivity contribution in [3.8, 4) is 0 Å². The Morgan fingerprint density at radius 1 is 0.719 bits per heavy atom. The average molecular weight is 436 g/mol. The van der Waals surface area contributed by atoms with Crippen molar-refractivity contribution < 1.29 is 25.4 Å². The Bertz CT molecular complexity index is 941. The SMILES string of the molecule is [2H]C1O[C@H](COCc2ccccc2)[C@@H](OCc2ccccc2)[C@H](OCc2ccccc2)[C@H]1O. The van der Waals surface area contributed by atoms with Gasteiger partial charge in [0.1, 0.15) is 24.4 Å². The second kappa shape index (κ2) is 11.9. The van der Waals surface area contributed by atoms with Gasteiger partial charge in [-0.1, -0.05) is 91.0 Å². The van der Waals surface area contributed by atoms with E-state index < -0.39 is 31.0 Å². The van der Waals surface area contributed by atoms with Crippen molar-refractivity contribution in [2.45, 2.75) is 44.2 Å². The van der Waals surface area contributed by atoms with Crippen LogP contribution in [-0.2, 0) is 38.8 Å². The Kier molecular flexibility index (Phi) is 7.93. The summed E-state index contributed by atoms with van der Waals surface area (Å²) >= 11 is 0. The molecule has 0 spiro atoms. The van der Waals surface area contributed by atoms with Crippen LogP contribution in [0.25, 0.3) is 0 Å². The number of benzene rings is 3. The van der Waals surface area contributed by atoms with Gasteiger partial charge in [0, 0.05) is 0 Å². The van der Waals surface area contributed by atoms with E-state index >= 15 is 0 Å². The zero-order valence-electron chi connectivity index (χ0n) is 19.0. The van der Waals surface area contributed by atoms with Crippen molar-refractivity contribution in [1.82, 2.24) is 0 Å². The molecule has 1 aliphatic heterocycles. The first kappa shape index (κ1) is 21.3. The molecule has 3 aromatic rings. The Morgan fingerprint density at radius 2 is 1.19 bits per heavy atom. The fraction of sp³-hybridized carbons (Fsp3) is 0.333. The summed E-state index contributed by atoms with van der Waals surface area (Å²) in [5.74, 6) is 0. The lowest BCUT2D eigenvalue weighted by Gasteiger charge is -2.40. The lowest BCUT2D eigenvalue weighted by molar-refractivity contribution is -0.234. The van der Waals surface area contributed by atoms with Crippen LogP contribution >= 0.6 is 0 Å². The largest absolute Gasteiger partial charge is 0.388 e. The topological polar surface area (TPSA) is 57.2 Å². The Morgan fingerprint density at radius 3 is 1.72 bits per heavy atom. The molecular formula is C27H30O5. The molecule has 0 bridgehead atoms. The second-order valence-corrected chi connectivity index (χ2v) is 7.82. The first-order chi connectivity index (χ1) is 16.2. The zero-order valence-corrected chi connectivity index (χ0v) is 18.0. The van der Waals surface area contributed by atoms with Crippen molar-refractivity contribution >= 4 is 0 Å². The van der Waals surface area contributed by atoms with Crippen LogP contribution in [0.3, 0.4) is 0 Å². The summed E-state index contributed by atoms with van der Waals surface area (Å²) in [5.41, 5.74) is 3.04. The summed E-state index contributed by atoms with van der Waals surface area (Å²) in [4.78, 5) is 0. The lowest BCUT2D eigenvalue weighted by atomic mass is 9.99. The molecule has 1 unspecified atom stereocenters. The fourth-order valence-corrected chi connectivity index (χ4v) is 3.67. The molecule has 1 aliphatic rings. The van der Waals surface area contributed by atoms with Gasteiger partial charge < -0.3 is 24.1 Å².